The van der Waals surface area contributed by atoms with Crippen molar-refractivity contribution < 1.29 is 23.7 Å². The van der Waals surface area contributed by atoms with Crippen LogP contribution >= 0.6 is 0 Å². The molecule has 5 nitrogen and oxygen atoms in total. The molecule has 192 valence electrons. The lowest BCUT2D eigenvalue weighted by Gasteiger charge is -2.49. The van der Waals surface area contributed by atoms with E-state index in [9.17, 15) is 0 Å². The first-order chi connectivity index (χ1) is 17.3. The molecule has 0 N–H and O–H groups in total. The maximum atomic E-state index is 6.65. The van der Waals surface area contributed by atoms with Gasteiger partial charge < -0.3 is 23.7 Å². The Bertz CT molecular complexity index is 829. The summed E-state index contributed by atoms with van der Waals surface area (Å²) in [6.07, 6.45) is 6.15. The van der Waals surface area contributed by atoms with E-state index in [1.54, 1.807) is 0 Å². The van der Waals surface area contributed by atoms with Gasteiger partial charge in [0.2, 0.25) is 0 Å². The van der Waals surface area contributed by atoms with Crippen LogP contribution in [-0.2, 0) is 30.1 Å². The Hall–Kier alpha value is -1.76. The second kappa shape index (κ2) is 14.1. The molecule has 4 rings (SSSR count). The Balaban J connectivity index is 1.55. The SMILES string of the molecule is CCCCCO[C@@H]1[C@@H](OCCCCC)[C@H](Cc2ccccc2)O[C@@H]2CO[C@@H](c3ccccc3)O[C@@H]12. The molecule has 0 bridgehead atoms. The van der Waals surface area contributed by atoms with Crippen LogP contribution in [0.2, 0.25) is 0 Å². The summed E-state index contributed by atoms with van der Waals surface area (Å²) >= 11 is 0. The molecule has 35 heavy (non-hydrogen) atoms. The van der Waals surface area contributed by atoms with Crippen molar-refractivity contribution >= 4 is 0 Å². The lowest BCUT2D eigenvalue weighted by Crippen LogP contribution is -2.63. The fraction of sp³-hybridized carbons (Fsp3) is 0.600. The summed E-state index contributed by atoms with van der Waals surface area (Å²) in [7, 11) is 0. The van der Waals surface area contributed by atoms with Gasteiger partial charge in [-0.15, -0.1) is 0 Å². The summed E-state index contributed by atoms with van der Waals surface area (Å²) in [5.74, 6) is 0. The van der Waals surface area contributed by atoms with Crippen LogP contribution in [-0.4, -0.2) is 50.3 Å². The number of fused-ring (bicyclic) bond motifs is 1. The van der Waals surface area contributed by atoms with Gasteiger partial charge in [-0.1, -0.05) is 100 Å². The lowest BCUT2D eigenvalue weighted by atomic mass is 9.90. The van der Waals surface area contributed by atoms with Crippen molar-refractivity contribution in [2.24, 2.45) is 0 Å². The minimum atomic E-state index is -0.422. The molecule has 2 heterocycles. The highest BCUT2D eigenvalue weighted by Gasteiger charge is 2.51. The molecule has 0 unspecified atom stereocenters. The van der Waals surface area contributed by atoms with Gasteiger partial charge in [0, 0.05) is 25.2 Å². The maximum absolute atomic E-state index is 6.65. The van der Waals surface area contributed by atoms with E-state index in [2.05, 4.69) is 38.1 Å². The van der Waals surface area contributed by atoms with Crippen LogP contribution in [0.3, 0.4) is 0 Å². The van der Waals surface area contributed by atoms with E-state index in [1.807, 2.05) is 36.4 Å². The zero-order chi connectivity index (χ0) is 24.3. The Morgan fingerprint density at radius 2 is 1.37 bits per heavy atom. The summed E-state index contributed by atoms with van der Waals surface area (Å²) in [4.78, 5) is 0. The zero-order valence-electron chi connectivity index (χ0n) is 21.3. The lowest BCUT2D eigenvalue weighted by molar-refractivity contribution is -0.337. The predicted octanol–water partition coefficient (Wildman–Crippen LogP) is 6.26. The van der Waals surface area contributed by atoms with E-state index in [0.717, 1.165) is 44.1 Å². The summed E-state index contributed by atoms with van der Waals surface area (Å²) in [5.41, 5.74) is 2.25. The number of hydrogen-bond acceptors (Lipinski definition) is 5. The largest absolute Gasteiger partial charge is 0.373 e. The molecule has 0 amide bonds. The Morgan fingerprint density at radius 1 is 0.743 bits per heavy atom. The molecule has 2 fully saturated rings. The van der Waals surface area contributed by atoms with Crippen molar-refractivity contribution in [3.63, 3.8) is 0 Å². The van der Waals surface area contributed by atoms with Gasteiger partial charge in [-0.05, 0) is 18.4 Å². The minimum Gasteiger partial charge on any atom is -0.373 e. The minimum absolute atomic E-state index is 0.114. The highest BCUT2D eigenvalue weighted by atomic mass is 16.7. The van der Waals surface area contributed by atoms with Crippen molar-refractivity contribution in [1.82, 2.24) is 0 Å². The first kappa shape index (κ1) is 26.3. The molecule has 2 aliphatic heterocycles. The maximum Gasteiger partial charge on any atom is 0.184 e. The van der Waals surface area contributed by atoms with Crippen molar-refractivity contribution in [2.45, 2.75) is 95.6 Å². The Labute approximate surface area is 211 Å². The Morgan fingerprint density at radius 3 is 2.03 bits per heavy atom. The second-order valence-corrected chi connectivity index (χ2v) is 9.66. The van der Waals surface area contributed by atoms with Crippen LogP contribution < -0.4 is 0 Å². The molecule has 0 aliphatic carbocycles. The molecule has 5 heteroatoms. The third kappa shape index (κ3) is 7.37. The van der Waals surface area contributed by atoms with E-state index in [0.29, 0.717) is 19.8 Å². The van der Waals surface area contributed by atoms with Gasteiger partial charge in [-0.25, -0.2) is 0 Å². The average molecular weight is 483 g/mol. The summed E-state index contributed by atoms with van der Waals surface area (Å²) in [6.45, 7) is 6.32. The molecular weight excluding hydrogens is 440 g/mol. The number of benzene rings is 2. The summed E-state index contributed by atoms with van der Waals surface area (Å²) in [5, 5.41) is 0. The number of rotatable bonds is 13. The van der Waals surface area contributed by atoms with Crippen molar-refractivity contribution in [2.75, 3.05) is 19.8 Å². The van der Waals surface area contributed by atoms with Gasteiger partial charge >= 0.3 is 0 Å². The van der Waals surface area contributed by atoms with Crippen LogP contribution in [0.5, 0.6) is 0 Å². The molecule has 2 aromatic carbocycles. The van der Waals surface area contributed by atoms with Gasteiger partial charge in [0.15, 0.2) is 6.29 Å². The fourth-order valence-corrected chi connectivity index (χ4v) is 4.98. The van der Waals surface area contributed by atoms with Crippen LogP contribution in [0.15, 0.2) is 60.7 Å². The van der Waals surface area contributed by atoms with E-state index in [1.165, 1.54) is 12.0 Å². The van der Waals surface area contributed by atoms with E-state index < -0.39 is 6.29 Å². The highest BCUT2D eigenvalue weighted by molar-refractivity contribution is 5.18. The molecule has 0 saturated carbocycles. The topological polar surface area (TPSA) is 46.2 Å². The highest BCUT2D eigenvalue weighted by Crippen LogP contribution is 2.37. The summed E-state index contributed by atoms with van der Waals surface area (Å²) in [6, 6.07) is 20.6. The van der Waals surface area contributed by atoms with Crippen molar-refractivity contribution in [1.29, 1.82) is 0 Å². The standard InChI is InChI=1S/C30H42O5/c1-3-5-13-19-31-27-25(21-23-15-9-7-10-16-23)34-26-22-33-30(24-17-11-8-12-18-24)35-28(26)29(27)32-20-14-6-4-2/h7-12,15-18,25-30H,3-6,13-14,19-22H2,1-2H3/t25-,26+,27-,28+,29+,30+/m0/s1. The van der Waals surface area contributed by atoms with Gasteiger partial charge in [0.25, 0.3) is 0 Å². The average Bonchev–Trinajstić information content (AvgIpc) is 2.90. The van der Waals surface area contributed by atoms with Crippen LogP contribution in [0.1, 0.15) is 69.8 Å². The van der Waals surface area contributed by atoms with Crippen molar-refractivity contribution in [3.8, 4) is 0 Å². The van der Waals surface area contributed by atoms with E-state index in [-0.39, 0.29) is 30.5 Å². The Kier molecular flexibility index (Phi) is 10.6. The number of unbranched alkanes of at least 4 members (excludes halogenated alkanes) is 4. The van der Waals surface area contributed by atoms with Crippen LogP contribution in [0, 0.1) is 0 Å². The van der Waals surface area contributed by atoms with Crippen molar-refractivity contribution in [3.05, 3.63) is 71.8 Å². The molecule has 6 atom stereocenters. The molecule has 2 saturated heterocycles. The normalized spacial score (nSPS) is 28.5. The zero-order valence-corrected chi connectivity index (χ0v) is 21.3. The van der Waals surface area contributed by atoms with E-state index >= 15 is 0 Å². The van der Waals surface area contributed by atoms with Crippen LogP contribution in [0.25, 0.3) is 0 Å². The summed E-state index contributed by atoms with van der Waals surface area (Å²) < 4.78 is 32.5. The smallest absolute Gasteiger partial charge is 0.184 e. The number of hydrogen-bond donors (Lipinski definition) is 0. The molecule has 2 aliphatic rings. The number of ether oxygens (including phenoxy) is 5. The molecule has 2 aromatic rings. The van der Waals surface area contributed by atoms with Gasteiger partial charge in [0.05, 0.1) is 12.7 Å². The molecule has 0 radical (unpaired) electrons. The third-order valence-electron chi connectivity index (χ3n) is 6.89. The van der Waals surface area contributed by atoms with Gasteiger partial charge in [0.1, 0.15) is 24.4 Å². The van der Waals surface area contributed by atoms with Crippen LogP contribution in [0.4, 0.5) is 0 Å². The van der Waals surface area contributed by atoms with Gasteiger partial charge in [-0.3, -0.25) is 0 Å². The molecule has 0 aromatic heterocycles. The first-order valence-corrected chi connectivity index (χ1v) is 13.5. The fourth-order valence-electron chi connectivity index (χ4n) is 4.98. The molecule has 0 spiro atoms. The first-order valence-electron chi connectivity index (χ1n) is 13.5. The van der Waals surface area contributed by atoms with Gasteiger partial charge in [-0.2, -0.15) is 0 Å². The monoisotopic (exact) mass is 482 g/mol. The quantitative estimate of drug-likeness (QED) is 0.315. The van der Waals surface area contributed by atoms with E-state index in [4.69, 9.17) is 23.7 Å². The predicted molar refractivity (Wildman–Crippen MR) is 137 cm³/mol. The molecular formula is C30H42O5. The second-order valence-electron chi connectivity index (χ2n) is 9.66. The third-order valence-corrected chi connectivity index (χ3v) is 6.89.